The van der Waals surface area contributed by atoms with E-state index in [9.17, 15) is 0 Å². The lowest BCUT2D eigenvalue weighted by Gasteiger charge is -2.16. The van der Waals surface area contributed by atoms with Crippen molar-refractivity contribution in [3.05, 3.63) is 59.7 Å². The maximum Gasteiger partial charge on any atom is 0.132 e. The van der Waals surface area contributed by atoms with Crippen molar-refractivity contribution in [2.75, 3.05) is 0 Å². The van der Waals surface area contributed by atoms with Gasteiger partial charge in [0.2, 0.25) is 0 Å². The molecule has 0 heterocycles. The lowest BCUT2D eigenvalue weighted by atomic mass is 10.1. The molecule has 0 saturated heterocycles. The standard InChI is InChI=1S/C16H16Cl2O/c1-11(17)13-7-3-5-9-15(13)19-16-10-6-4-8-14(16)12(2)18/h3-12H,1-2H3. The fourth-order valence-electron chi connectivity index (χ4n) is 1.92. The molecule has 2 rings (SSSR count). The molecule has 0 bridgehead atoms. The number of para-hydroxylation sites is 2. The molecule has 0 aliphatic carbocycles. The van der Waals surface area contributed by atoms with E-state index in [4.69, 9.17) is 27.9 Å². The fourth-order valence-corrected chi connectivity index (χ4v) is 2.28. The zero-order valence-electron chi connectivity index (χ0n) is 10.9. The van der Waals surface area contributed by atoms with Crippen LogP contribution in [-0.4, -0.2) is 0 Å². The zero-order chi connectivity index (χ0) is 13.8. The SMILES string of the molecule is CC(Cl)c1ccccc1Oc1ccccc1C(C)Cl. The molecule has 3 heteroatoms. The van der Waals surface area contributed by atoms with Gasteiger partial charge in [-0.25, -0.2) is 0 Å². The summed E-state index contributed by atoms with van der Waals surface area (Å²) in [7, 11) is 0. The summed E-state index contributed by atoms with van der Waals surface area (Å²) < 4.78 is 5.99. The van der Waals surface area contributed by atoms with E-state index in [-0.39, 0.29) is 10.8 Å². The Morgan fingerprint density at radius 1 is 0.737 bits per heavy atom. The summed E-state index contributed by atoms with van der Waals surface area (Å²) in [6.07, 6.45) is 0. The fraction of sp³-hybridized carbons (Fsp3) is 0.250. The summed E-state index contributed by atoms with van der Waals surface area (Å²) in [5, 5.41) is -0.200. The van der Waals surface area contributed by atoms with Crippen LogP contribution in [0.3, 0.4) is 0 Å². The third-order valence-electron chi connectivity index (χ3n) is 2.92. The van der Waals surface area contributed by atoms with E-state index < -0.39 is 0 Å². The molecule has 0 fully saturated rings. The van der Waals surface area contributed by atoms with Gasteiger partial charge in [-0.2, -0.15) is 0 Å². The van der Waals surface area contributed by atoms with Gasteiger partial charge in [-0.1, -0.05) is 36.4 Å². The number of rotatable bonds is 4. The van der Waals surface area contributed by atoms with Crippen molar-refractivity contribution in [1.82, 2.24) is 0 Å². The first-order valence-corrected chi connectivity index (χ1v) is 7.10. The second kappa shape index (κ2) is 6.31. The number of ether oxygens (including phenoxy) is 1. The van der Waals surface area contributed by atoms with Crippen molar-refractivity contribution in [3.8, 4) is 11.5 Å². The van der Waals surface area contributed by atoms with Crippen LogP contribution in [0, 0.1) is 0 Å². The molecule has 19 heavy (non-hydrogen) atoms. The van der Waals surface area contributed by atoms with Gasteiger partial charge >= 0.3 is 0 Å². The van der Waals surface area contributed by atoms with Gasteiger partial charge in [-0.15, -0.1) is 23.2 Å². The Bertz CT molecular complexity index is 500. The Kier molecular flexibility index (Phi) is 4.73. The van der Waals surface area contributed by atoms with Gasteiger partial charge in [0.1, 0.15) is 11.5 Å². The van der Waals surface area contributed by atoms with Crippen molar-refractivity contribution in [2.45, 2.75) is 24.6 Å². The van der Waals surface area contributed by atoms with E-state index in [1.807, 2.05) is 62.4 Å². The van der Waals surface area contributed by atoms with Crippen LogP contribution in [0.1, 0.15) is 35.7 Å². The van der Waals surface area contributed by atoms with Gasteiger partial charge in [0.25, 0.3) is 0 Å². The first kappa shape index (κ1) is 14.2. The highest BCUT2D eigenvalue weighted by atomic mass is 35.5. The molecule has 1 nitrogen and oxygen atoms in total. The lowest BCUT2D eigenvalue weighted by Crippen LogP contribution is -1.95. The minimum atomic E-state index is -0.100. The molecule has 0 saturated carbocycles. The third kappa shape index (κ3) is 3.43. The number of alkyl halides is 2. The first-order chi connectivity index (χ1) is 9.09. The summed E-state index contributed by atoms with van der Waals surface area (Å²) >= 11 is 12.3. The largest absolute Gasteiger partial charge is 0.457 e. The number of hydrogen-bond donors (Lipinski definition) is 0. The molecule has 0 aliphatic rings. The highest BCUT2D eigenvalue weighted by Crippen LogP contribution is 2.36. The molecule has 2 aromatic rings. The minimum Gasteiger partial charge on any atom is -0.457 e. The van der Waals surface area contributed by atoms with Gasteiger partial charge < -0.3 is 4.74 Å². The van der Waals surface area contributed by atoms with Crippen molar-refractivity contribution in [1.29, 1.82) is 0 Å². The molecule has 0 spiro atoms. The van der Waals surface area contributed by atoms with Crippen LogP contribution in [-0.2, 0) is 0 Å². The van der Waals surface area contributed by atoms with Crippen LogP contribution in [0.5, 0.6) is 11.5 Å². The highest BCUT2D eigenvalue weighted by molar-refractivity contribution is 6.21. The van der Waals surface area contributed by atoms with Crippen LogP contribution in [0.15, 0.2) is 48.5 Å². The molecule has 2 atom stereocenters. The molecule has 0 amide bonds. The molecule has 0 aromatic heterocycles. The van der Waals surface area contributed by atoms with Gasteiger partial charge in [0.15, 0.2) is 0 Å². The quantitative estimate of drug-likeness (QED) is 0.621. The topological polar surface area (TPSA) is 9.23 Å². The summed E-state index contributed by atoms with van der Waals surface area (Å²) in [6, 6.07) is 15.6. The van der Waals surface area contributed by atoms with Crippen LogP contribution in [0.2, 0.25) is 0 Å². The summed E-state index contributed by atoms with van der Waals surface area (Å²) in [4.78, 5) is 0. The number of benzene rings is 2. The number of halogens is 2. The van der Waals surface area contributed by atoms with E-state index in [2.05, 4.69) is 0 Å². The van der Waals surface area contributed by atoms with E-state index in [1.54, 1.807) is 0 Å². The Labute approximate surface area is 124 Å². The predicted molar refractivity (Wildman–Crippen MR) is 81.5 cm³/mol. The van der Waals surface area contributed by atoms with E-state index in [0.717, 1.165) is 22.6 Å². The molecule has 2 aromatic carbocycles. The molecular weight excluding hydrogens is 279 g/mol. The maximum atomic E-state index is 6.17. The highest BCUT2D eigenvalue weighted by Gasteiger charge is 2.13. The van der Waals surface area contributed by atoms with Gasteiger partial charge in [0, 0.05) is 11.1 Å². The van der Waals surface area contributed by atoms with Gasteiger partial charge in [-0.3, -0.25) is 0 Å². The van der Waals surface area contributed by atoms with Gasteiger partial charge in [0.05, 0.1) is 10.8 Å². The normalized spacial score (nSPS) is 13.9. The van der Waals surface area contributed by atoms with Crippen molar-refractivity contribution < 1.29 is 4.74 Å². The monoisotopic (exact) mass is 294 g/mol. The second-order valence-corrected chi connectivity index (χ2v) is 5.72. The Morgan fingerprint density at radius 2 is 1.11 bits per heavy atom. The van der Waals surface area contributed by atoms with Crippen molar-refractivity contribution in [3.63, 3.8) is 0 Å². The average molecular weight is 295 g/mol. The lowest BCUT2D eigenvalue weighted by molar-refractivity contribution is 0.470. The minimum absolute atomic E-state index is 0.100. The van der Waals surface area contributed by atoms with E-state index in [0.29, 0.717) is 0 Å². The molecule has 0 aliphatic heterocycles. The molecule has 0 radical (unpaired) electrons. The molecular formula is C16H16Cl2O. The summed E-state index contributed by atoms with van der Waals surface area (Å²) in [6.45, 7) is 3.86. The van der Waals surface area contributed by atoms with Crippen molar-refractivity contribution >= 4 is 23.2 Å². The Morgan fingerprint density at radius 3 is 1.47 bits per heavy atom. The molecule has 2 unspecified atom stereocenters. The Hall–Kier alpha value is -1.18. The van der Waals surface area contributed by atoms with Crippen LogP contribution in [0.4, 0.5) is 0 Å². The van der Waals surface area contributed by atoms with Crippen LogP contribution >= 0.6 is 23.2 Å². The maximum absolute atomic E-state index is 6.17. The average Bonchev–Trinajstić information content (AvgIpc) is 2.39. The Balaban J connectivity index is 2.37. The second-order valence-electron chi connectivity index (χ2n) is 4.41. The van der Waals surface area contributed by atoms with Crippen LogP contribution < -0.4 is 4.74 Å². The van der Waals surface area contributed by atoms with Crippen molar-refractivity contribution in [2.24, 2.45) is 0 Å². The van der Waals surface area contributed by atoms with E-state index in [1.165, 1.54) is 0 Å². The van der Waals surface area contributed by atoms with E-state index >= 15 is 0 Å². The zero-order valence-corrected chi connectivity index (χ0v) is 12.4. The smallest absolute Gasteiger partial charge is 0.132 e. The predicted octanol–water partition coefficient (Wildman–Crippen LogP) is 6.08. The summed E-state index contributed by atoms with van der Waals surface area (Å²) in [5.41, 5.74) is 1.95. The third-order valence-corrected chi connectivity index (χ3v) is 3.39. The van der Waals surface area contributed by atoms with Crippen LogP contribution in [0.25, 0.3) is 0 Å². The molecule has 0 N–H and O–H groups in total. The number of hydrogen-bond acceptors (Lipinski definition) is 1. The first-order valence-electron chi connectivity index (χ1n) is 6.23. The van der Waals surface area contributed by atoms with Gasteiger partial charge in [-0.05, 0) is 26.0 Å². The molecule has 100 valence electrons. The summed E-state index contributed by atoms with van der Waals surface area (Å²) in [5.74, 6) is 1.55.